The molecule has 6 nitrogen and oxygen atoms in total. The molecule has 4 rings (SSSR count). The Morgan fingerprint density at radius 3 is 2.85 bits per heavy atom. The molecule has 2 fully saturated rings. The van der Waals surface area contributed by atoms with Crippen LogP contribution in [0, 0.1) is 0 Å². The number of nitrogens with one attached hydrogen (secondary N) is 1. The van der Waals surface area contributed by atoms with Crippen LogP contribution in [-0.2, 0) is 4.74 Å². The number of hydrogen-bond acceptors (Lipinski definition) is 4. The fourth-order valence-electron chi connectivity index (χ4n) is 3.86. The van der Waals surface area contributed by atoms with Crippen LogP contribution in [0.3, 0.4) is 0 Å². The highest BCUT2D eigenvalue weighted by Gasteiger charge is 2.26. The van der Waals surface area contributed by atoms with Crippen molar-refractivity contribution in [3.63, 3.8) is 0 Å². The van der Waals surface area contributed by atoms with Crippen LogP contribution >= 0.6 is 0 Å². The molecule has 0 aliphatic carbocycles. The summed E-state index contributed by atoms with van der Waals surface area (Å²) in [5.41, 5.74) is 1.59. The highest BCUT2D eigenvalue weighted by atomic mass is 16.5. The van der Waals surface area contributed by atoms with Crippen molar-refractivity contribution in [3.05, 3.63) is 30.0 Å². The van der Waals surface area contributed by atoms with E-state index in [0.29, 0.717) is 18.4 Å². The highest BCUT2D eigenvalue weighted by molar-refractivity contribution is 5.98. The lowest BCUT2D eigenvalue weighted by Gasteiger charge is -2.35. The number of aromatic amines is 1. The van der Waals surface area contributed by atoms with Crippen LogP contribution in [0.15, 0.2) is 24.3 Å². The Labute approximate surface area is 154 Å². The number of benzene rings is 1. The molecule has 2 aliphatic heterocycles. The average Bonchev–Trinajstić information content (AvgIpc) is 3.31. The summed E-state index contributed by atoms with van der Waals surface area (Å²) in [6, 6.07) is 7.83. The van der Waals surface area contributed by atoms with Crippen LogP contribution in [0.5, 0.6) is 5.75 Å². The third-order valence-electron chi connectivity index (χ3n) is 5.28. The van der Waals surface area contributed by atoms with E-state index in [2.05, 4.69) is 9.88 Å². The molecule has 2 aromatic rings. The topological polar surface area (TPSA) is 57.8 Å². The third kappa shape index (κ3) is 3.71. The number of fused-ring (bicyclic) bond motifs is 1. The molecule has 2 aliphatic rings. The van der Waals surface area contributed by atoms with Gasteiger partial charge in [-0.15, -0.1) is 0 Å². The molecule has 6 heteroatoms. The number of carbonyl (C=O) groups is 1. The van der Waals surface area contributed by atoms with E-state index in [1.807, 2.05) is 36.1 Å². The Hall–Kier alpha value is -2.05. The first-order valence-electron chi connectivity index (χ1n) is 9.62. The molecular formula is C20H27N3O3. The summed E-state index contributed by atoms with van der Waals surface area (Å²) in [4.78, 5) is 20.5. The van der Waals surface area contributed by atoms with Gasteiger partial charge in [0, 0.05) is 56.3 Å². The van der Waals surface area contributed by atoms with Gasteiger partial charge in [0.05, 0.1) is 12.7 Å². The predicted molar refractivity (Wildman–Crippen MR) is 101 cm³/mol. The molecule has 2 saturated heterocycles. The number of hydrogen-bond donors (Lipinski definition) is 1. The van der Waals surface area contributed by atoms with E-state index >= 15 is 0 Å². The summed E-state index contributed by atoms with van der Waals surface area (Å²) >= 11 is 0. The van der Waals surface area contributed by atoms with Gasteiger partial charge in [0.15, 0.2) is 0 Å². The molecule has 1 aromatic carbocycles. The molecule has 1 atom stereocenters. The molecular weight excluding hydrogens is 330 g/mol. The SMILES string of the molecule is CCOc1ccc2cc(C(=O)N3CCN(CC4CCCO4)CC3)[nH]c2c1. The van der Waals surface area contributed by atoms with Gasteiger partial charge < -0.3 is 19.4 Å². The van der Waals surface area contributed by atoms with E-state index in [1.54, 1.807) is 0 Å². The van der Waals surface area contributed by atoms with Crippen molar-refractivity contribution in [2.75, 3.05) is 45.9 Å². The van der Waals surface area contributed by atoms with Crippen molar-refractivity contribution < 1.29 is 14.3 Å². The minimum absolute atomic E-state index is 0.0796. The van der Waals surface area contributed by atoms with Crippen LogP contribution < -0.4 is 4.74 Å². The normalized spacial score (nSPS) is 21.4. The minimum atomic E-state index is 0.0796. The summed E-state index contributed by atoms with van der Waals surface area (Å²) in [5.74, 6) is 0.902. The second-order valence-corrected chi connectivity index (χ2v) is 7.09. The van der Waals surface area contributed by atoms with Crippen molar-refractivity contribution in [2.45, 2.75) is 25.9 Å². The summed E-state index contributed by atoms with van der Waals surface area (Å²) in [5, 5.41) is 1.04. The first kappa shape index (κ1) is 17.4. The molecule has 1 unspecified atom stereocenters. The van der Waals surface area contributed by atoms with Crippen LogP contribution in [0.4, 0.5) is 0 Å². The van der Waals surface area contributed by atoms with Crippen molar-refractivity contribution in [1.29, 1.82) is 0 Å². The number of nitrogens with zero attached hydrogens (tertiary/aromatic N) is 2. The van der Waals surface area contributed by atoms with Gasteiger partial charge >= 0.3 is 0 Å². The Morgan fingerprint density at radius 2 is 2.12 bits per heavy atom. The van der Waals surface area contributed by atoms with Crippen LogP contribution in [0.1, 0.15) is 30.3 Å². The predicted octanol–water partition coefficient (Wildman–Crippen LogP) is 2.50. The second kappa shape index (κ2) is 7.68. The maximum Gasteiger partial charge on any atom is 0.270 e. The summed E-state index contributed by atoms with van der Waals surface area (Å²) in [7, 11) is 0. The monoisotopic (exact) mass is 357 g/mol. The third-order valence-corrected chi connectivity index (χ3v) is 5.28. The maximum atomic E-state index is 12.9. The number of amides is 1. The van der Waals surface area contributed by atoms with E-state index in [-0.39, 0.29) is 5.91 Å². The van der Waals surface area contributed by atoms with Crippen LogP contribution in [0.2, 0.25) is 0 Å². The van der Waals surface area contributed by atoms with E-state index < -0.39 is 0 Å². The fourth-order valence-corrected chi connectivity index (χ4v) is 3.86. The molecule has 1 amide bonds. The lowest BCUT2D eigenvalue weighted by Crippen LogP contribution is -2.50. The molecule has 26 heavy (non-hydrogen) atoms. The summed E-state index contributed by atoms with van der Waals surface area (Å²) in [6.07, 6.45) is 2.72. The van der Waals surface area contributed by atoms with Gasteiger partial charge in [-0.05, 0) is 38.0 Å². The van der Waals surface area contributed by atoms with Gasteiger partial charge in [0.2, 0.25) is 0 Å². The minimum Gasteiger partial charge on any atom is -0.494 e. The van der Waals surface area contributed by atoms with Gasteiger partial charge in [-0.3, -0.25) is 9.69 Å². The number of ether oxygens (including phenoxy) is 2. The van der Waals surface area contributed by atoms with Crippen molar-refractivity contribution in [3.8, 4) is 5.75 Å². The van der Waals surface area contributed by atoms with Crippen molar-refractivity contribution >= 4 is 16.8 Å². The van der Waals surface area contributed by atoms with E-state index in [0.717, 1.165) is 62.4 Å². The molecule has 0 saturated carbocycles. The van der Waals surface area contributed by atoms with Crippen LogP contribution in [-0.4, -0.2) is 72.7 Å². The molecule has 1 aromatic heterocycles. The first-order valence-corrected chi connectivity index (χ1v) is 9.62. The first-order chi connectivity index (χ1) is 12.7. The zero-order valence-corrected chi connectivity index (χ0v) is 15.4. The molecule has 0 spiro atoms. The zero-order chi connectivity index (χ0) is 17.9. The smallest absolute Gasteiger partial charge is 0.270 e. The van der Waals surface area contributed by atoms with Crippen molar-refractivity contribution in [2.24, 2.45) is 0 Å². The van der Waals surface area contributed by atoms with Crippen LogP contribution in [0.25, 0.3) is 10.9 Å². The zero-order valence-electron chi connectivity index (χ0n) is 15.4. The van der Waals surface area contributed by atoms with Gasteiger partial charge in [-0.1, -0.05) is 0 Å². The standard InChI is InChI=1S/C20H27N3O3/c1-2-25-16-6-5-15-12-19(21-18(15)13-16)20(24)23-9-7-22(8-10-23)14-17-4-3-11-26-17/h5-6,12-13,17,21H,2-4,7-11,14H2,1H3. The number of H-pyrrole nitrogens is 1. The largest absolute Gasteiger partial charge is 0.494 e. The molecule has 1 N–H and O–H groups in total. The molecule has 140 valence electrons. The number of piperazine rings is 1. The van der Waals surface area contributed by atoms with Gasteiger partial charge in [-0.25, -0.2) is 0 Å². The number of rotatable bonds is 5. The van der Waals surface area contributed by atoms with E-state index in [9.17, 15) is 4.79 Å². The number of carbonyl (C=O) groups excluding carboxylic acids is 1. The van der Waals surface area contributed by atoms with E-state index in [1.165, 1.54) is 6.42 Å². The average molecular weight is 357 g/mol. The highest BCUT2D eigenvalue weighted by Crippen LogP contribution is 2.23. The Kier molecular flexibility index (Phi) is 5.13. The second-order valence-electron chi connectivity index (χ2n) is 7.09. The fraction of sp³-hybridized carbons (Fsp3) is 0.550. The summed E-state index contributed by atoms with van der Waals surface area (Å²) in [6.45, 7) is 7.86. The van der Waals surface area contributed by atoms with Gasteiger partial charge in [0.25, 0.3) is 5.91 Å². The lowest BCUT2D eigenvalue weighted by atomic mass is 10.2. The van der Waals surface area contributed by atoms with Crippen molar-refractivity contribution in [1.82, 2.24) is 14.8 Å². The van der Waals surface area contributed by atoms with E-state index in [4.69, 9.17) is 9.47 Å². The van der Waals surface area contributed by atoms with Gasteiger partial charge in [0.1, 0.15) is 11.4 Å². The Bertz CT molecular complexity index is 759. The molecule has 0 bridgehead atoms. The van der Waals surface area contributed by atoms with Gasteiger partial charge in [-0.2, -0.15) is 0 Å². The number of aromatic nitrogens is 1. The quantitative estimate of drug-likeness (QED) is 0.893. The Morgan fingerprint density at radius 1 is 1.27 bits per heavy atom. The maximum absolute atomic E-state index is 12.9. The molecule has 0 radical (unpaired) electrons. The lowest BCUT2D eigenvalue weighted by molar-refractivity contribution is 0.0430. The molecule has 3 heterocycles. The Balaban J connectivity index is 1.37. The summed E-state index contributed by atoms with van der Waals surface area (Å²) < 4.78 is 11.3.